The number of rotatable bonds is 15. The molecule has 0 spiro atoms. The van der Waals surface area contributed by atoms with Gasteiger partial charge in [0, 0.05) is 37.7 Å². The van der Waals surface area contributed by atoms with Crippen molar-refractivity contribution < 1.29 is 29.0 Å². The van der Waals surface area contributed by atoms with E-state index in [9.17, 15) is 19.5 Å². The fourth-order valence-corrected chi connectivity index (χ4v) is 6.84. The summed E-state index contributed by atoms with van der Waals surface area (Å²) in [5, 5.41) is 14.7. The van der Waals surface area contributed by atoms with Crippen molar-refractivity contribution in [3.8, 4) is 5.75 Å². The van der Waals surface area contributed by atoms with Crippen molar-refractivity contribution in [3.05, 3.63) is 93.5 Å². The summed E-state index contributed by atoms with van der Waals surface area (Å²) < 4.78 is 11.3. The number of nitrogens with one attached hydrogen (secondary N) is 1. The lowest BCUT2D eigenvalue weighted by molar-refractivity contribution is -0.134. The highest BCUT2D eigenvalue weighted by molar-refractivity contribution is 6.42. The van der Waals surface area contributed by atoms with Gasteiger partial charge in [0.2, 0.25) is 5.91 Å². The molecule has 1 heterocycles. The fourth-order valence-electron chi connectivity index (χ4n) is 6.52. The second kappa shape index (κ2) is 18.3. The number of carbonyl (C=O) groups is 3. The van der Waals surface area contributed by atoms with E-state index in [1.807, 2.05) is 47.4 Å². The molecule has 9 nitrogen and oxygen atoms in total. The summed E-state index contributed by atoms with van der Waals surface area (Å²) in [4.78, 5) is 42.5. The average Bonchev–Trinajstić information content (AvgIpc) is 3.12. The summed E-state index contributed by atoms with van der Waals surface area (Å²) in [6, 6.07) is 20.5. The van der Waals surface area contributed by atoms with Crippen LogP contribution in [-0.4, -0.2) is 65.1 Å². The smallest absolute Gasteiger partial charge is 0.410 e. The number of hydrogen-bond donors (Lipinski definition) is 2. The number of para-hydroxylation sites is 1. The maximum atomic E-state index is 13.9. The number of amides is 3. The third-order valence-electron chi connectivity index (χ3n) is 9.20. The molecule has 0 saturated heterocycles. The number of fused-ring (bicyclic) bond motifs is 1. The maximum Gasteiger partial charge on any atom is 0.410 e. The first-order valence-corrected chi connectivity index (χ1v) is 18.0. The summed E-state index contributed by atoms with van der Waals surface area (Å²) in [7, 11) is 0. The number of anilines is 1. The van der Waals surface area contributed by atoms with Crippen molar-refractivity contribution in [1.82, 2.24) is 9.80 Å². The molecule has 0 unspecified atom stereocenters. The second-order valence-electron chi connectivity index (χ2n) is 12.7. The lowest BCUT2D eigenvalue weighted by atomic mass is 9.93. The summed E-state index contributed by atoms with van der Waals surface area (Å²) in [6.07, 6.45) is 6.69. The number of hydrogen-bond acceptors (Lipinski definition) is 6. The number of aliphatic hydroxyl groups is 1. The van der Waals surface area contributed by atoms with Crippen LogP contribution in [0.2, 0.25) is 10.0 Å². The normalized spacial score (nSPS) is 15.0. The van der Waals surface area contributed by atoms with Crippen LogP contribution in [-0.2, 0) is 27.4 Å². The Morgan fingerprint density at radius 1 is 0.918 bits per heavy atom. The van der Waals surface area contributed by atoms with Gasteiger partial charge in [0.15, 0.2) is 6.61 Å². The van der Waals surface area contributed by atoms with E-state index in [-0.39, 0.29) is 44.0 Å². The van der Waals surface area contributed by atoms with Gasteiger partial charge in [-0.15, -0.1) is 0 Å². The Morgan fingerprint density at radius 2 is 1.71 bits per heavy atom. The zero-order valence-electron chi connectivity index (χ0n) is 27.8. The molecule has 2 N–H and O–H groups in total. The van der Waals surface area contributed by atoms with Crippen LogP contribution in [0.3, 0.4) is 0 Å². The van der Waals surface area contributed by atoms with Crippen molar-refractivity contribution in [2.75, 3.05) is 31.6 Å². The van der Waals surface area contributed by atoms with Gasteiger partial charge in [-0.2, -0.15) is 0 Å². The second-order valence-corrected chi connectivity index (χ2v) is 13.5. The molecule has 1 saturated carbocycles. The highest BCUT2D eigenvalue weighted by atomic mass is 35.5. The van der Waals surface area contributed by atoms with Gasteiger partial charge in [-0.25, -0.2) is 4.79 Å². The van der Waals surface area contributed by atoms with Crippen LogP contribution in [0.5, 0.6) is 5.75 Å². The Bertz CT molecular complexity index is 1570. The number of halogens is 2. The van der Waals surface area contributed by atoms with Gasteiger partial charge < -0.3 is 29.7 Å². The van der Waals surface area contributed by atoms with Crippen molar-refractivity contribution in [2.24, 2.45) is 0 Å². The molecule has 0 radical (unpaired) electrons. The molecule has 1 fully saturated rings. The van der Waals surface area contributed by atoms with E-state index in [4.69, 9.17) is 32.7 Å². The number of benzene rings is 3. The topological polar surface area (TPSA) is 108 Å². The number of unbranched alkanes of at least 4 members (excludes halogenated alkanes) is 1. The molecular weight excluding hydrogens is 665 g/mol. The molecule has 1 atom stereocenters. The molecule has 3 aromatic rings. The predicted molar refractivity (Wildman–Crippen MR) is 191 cm³/mol. The molecule has 11 heteroatoms. The van der Waals surface area contributed by atoms with Crippen LogP contribution in [0, 0.1) is 0 Å². The third kappa shape index (κ3) is 10.6. The summed E-state index contributed by atoms with van der Waals surface area (Å²) in [5.41, 5.74) is 3.03. The Kier molecular flexibility index (Phi) is 13.6. The van der Waals surface area contributed by atoms with Gasteiger partial charge >= 0.3 is 6.09 Å². The minimum Gasteiger partial charge on any atom is -0.481 e. The fraction of sp³-hybridized carbons (Fsp3) is 0.447. The molecule has 3 aromatic carbocycles. The van der Waals surface area contributed by atoms with E-state index in [0.29, 0.717) is 59.4 Å². The van der Waals surface area contributed by atoms with E-state index < -0.39 is 12.2 Å². The Labute approximate surface area is 298 Å². The number of aliphatic hydroxyl groups excluding tert-OH is 1. The zero-order valence-corrected chi connectivity index (χ0v) is 29.3. The van der Waals surface area contributed by atoms with Crippen LogP contribution in [0.25, 0.3) is 0 Å². The van der Waals surface area contributed by atoms with Crippen molar-refractivity contribution in [1.29, 1.82) is 0 Å². The van der Waals surface area contributed by atoms with Gasteiger partial charge in [0.25, 0.3) is 5.91 Å². The Balaban J connectivity index is 1.19. The van der Waals surface area contributed by atoms with Crippen LogP contribution in [0.4, 0.5) is 10.5 Å². The lowest BCUT2D eigenvalue weighted by Crippen LogP contribution is -2.44. The summed E-state index contributed by atoms with van der Waals surface area (Å²) >= 11 is 12.3. The number of nitrogens with zero attached hydrogens (tertiary/aromatic N) is 2. The first-order chi connectivity index (χ1) is 23.8. The van der Waals surface area contributed by atoms with Crippen LogP contribution in [0.15, 0.2) is 66.7 Å². The van der Waals surface area contributed by atoms with E-state index in [0.717, 1.165) is 43.2 Å². The minimum absolute atomic E-state index is 0.0177. The molecule has 2 aliphatic rings. The van der Waals surface area contributed by atoms with Gasteiger partial charge in [-0.1, -0.05) is 91.0 Å². The highest BCUT2D eigenvalue weighted by Gasteiger charge is 2.27. The van der Waals surface area contributed by atoms with Crippen molar-refractivity contribution in [3.63, 3.8) is 0 Å². The quantitative estimate of drug-likeness (QED) is 0.155. The predicted octanol–water partition coefficient (Wildman–Crippen LogP) is 7.96. The first kappa shape index (κ1) is 36.5. The molecule has 1 aliphatic carbocycles. The largest absolute Gasteiger partial charge is 0.481 e. The molecule has 49 heavy (non-hydrogen) atoms. The van der Waals surface area contributed by atoms with Gasteiger partial charge in [-0.05, 0) is 67.9 Å². The van der Waals surface area contributed by atoms with E-state index in [1.165, 1.54) is 6.42 Å². The average molecular weight is 711 g/mol. The van der Waals surface area contributed by atoms with Crippen molar-refractivity contribution >= 4 is 46.8 Å². The van der Waals surface area contributed by atoms with Crippen molar-refractivity contribution in [2.45, 2.75) is 83.0 Å². The van der Waals surface area contributed by atoms with E-state index in [1.54, 1.807) is 29.2 Å². The Morgan fingerprint density at radius 3 is 2.49 bits per heavy atom. The van der Waals surface area contributed by atoms with E-state index >= 15 is 0 Å². The maximum absolute atomic E-state index is 13.9. The molecule has 0 bridgehead atoms. The van der Waals surface area contributed by atoms with E-state index in [2.05, 4.69) is 5.32 Å². The number of ether oxygens (including phenoxy) is 2. The monoisotopic (exact) mass is 709 g/mol. The summed E-state index contributed by atoms with van der Waals surface area (Å²) in [6.45, 7) is 1.23. The third-order valence-corrected chi connectivity index (χ3v) is 9.94. The van der Waals surface area contributed by atoms with Gasteiger partial charge in [0.05, 0.1) is 21.8 Å². The van der Waals surface area contributed by atoms with Crippen LogP contribution in [0.1, 0.15) is 80.6 Å². The zero-order chi connectivity index (χ0) is 34.6. The molecule has 5 rings (SSSR count). The molecular formula is C38H45Cl2N3O6. The van der Waals surface area contributed by atoms with Crippen LogP contribution >= 0.6 is 23.2 Å². The first-order valence-electron chi connectivity index (χ1n) is 17.2. The molecule has 3 amide bonds. The van der Waals surface area contributed by atoms with Gasteiger partial charge in [-0.3, -0.25) is 9.59 Å². The summed E-state index contributed by atoms with van der Waals surface area (Å²) in [5.74, 6) is 0.314. The minimum atomic E-state index is -0.755. The van der Waals surface area contributed by atoms with Gasteiger partial charge in [0.1, 0.15) is 12.4 Å². The van der Waals surface area contributed by atoms with Crippen LogP contribution < -0.4 is 10.1 Å². The highest BCUT2D eigenvalue weighted by Crippen LogP contribution is 2.37. The Hall–Kier alpha value is -3.79. The SMILES string of the molecule is O=C1COc2c(cccc2[C@@H](O)CCCCN(C(=O)CCN(CCc2ccc(Cl)c(Cl)c2)C(=O)OCc2ccccc2)C2CCCCC2)N1. The molecule has 1 aliphatic heterocycles. The number of carbonyl (C=O) groups excluding carboxylic acids is 3. The standard InChI is InChI=1S/C38H45Cl2N3O6/c39-31-18-17-27(24-32(31)40)19-22-42(38(47)49-25-28-10-3-1-4-11-28)23-20-36(46)43(29-12-5-2-6-13-29)21-8-7-16-34(44)30-14-9-15-33-37(30)48-26-35(45)41-33/h1,3-4,9-11,14-15,17-18,24,29,34,44H,2,5-8,12-13,16,19-23,25-26H2,(H,41,45)/t34-/m0/s1. The lowest BCUT2D eigenvalue weighted by Gasteiger charge is -2.35. The molecule has 262 valence electrons. The molecule has 0 aromatic heterocycles.